The van der Waals surface area contributed by atoms with E-state index in [-0.39, 0.29) is 18.0 Å². The summed E-state index contributed by atoms with van der Waals surface area (Å²) in [6.45, 7) is 0.258. The van der Waals surface area contributed by atoms with Crippen molar-refractivity contribution in [3.05, 3.63) is 81.4 Å². The number of rotatable bonds is 4. The van der Waals surface area contributed by atoms with Gasteiger partial charge in [-0.3, -0.25) is 4.79 Å². The highest BCUT2D eigenvalue weighted by atomic mass is 35.5. The first-order valence-corrected chi connectivity index (χ1v) is 9.34. The van der Waals surface area contributed by atoms with Crippen LogP contribution in [0.3, 0.4) is 0 Å². The lowest BCUT2D eigenvalue weighted by molar-refractivity contribution is 0.300. The topological polar surface area (TPSA) is 44.1 Å². The summed E-state index contributed by atoms with van der Waals surface area (Å²) in [6.07, 6.45) is 0. The summed E-state index contributed by atoms with van der Waals surface area (Å²) in [5.74, 6) is 0.703. The first-order valence-electron chi connectivity index (χ1n) is 8.43. The second kappa shape index (κ2) is 7.22. The molecule has 136 valence electrons. The number of ether oxygens (including phenoxy) is 1. The van der Waals surface area contributed by atoms with Crippen LogP contribution in [-0.2, 0) is 19.5 Å². The van der Waals surface area contributed by atoms with E-state index in [1.807, 2.05) is 36.4 Å². The smallest absolute Gasteiger partial charge is 0.258 e. The monoisotopic (exact) mass is 398 g/mol. The van der Waals surface area contributed by atoms with Crippen molar-refractivity contribution in [1.82, 2.24) is 9.55 Å². The number of hydrogen-bond acceptors (Lipinski definition) is 3. The zero-order valence-corrected chi connectivity index (χ0v) is 16.1. The molecule has 4 rings (SSSR count). The standard InChI is InChI=1S/C21H16Cl2N2O2/c1-25-19(11-22)20(17-10-14(23)7-9-16(17)21(25)26)27-12-15-8-6-13-4-2-3-5-18(13)24-15/h2-10H,11-12H2,1H3. The minimum Gasteiger partial charge on any atom is -0.485 e. The van der Waals surface area contributed by atoms with Crippen LogP contribution in [0.1, 0.15) is 11.4 Å². The lowest BCUT2D eigenvalue weighted by Crippen LogP contribution is -2.21. The second-order valence-corrected chi connectivity index (χ2v) is 6.95. The SMILES string of the molecule is Cn1c(CCl)c(OCc2ccc3ccccc3n2)c2cc(Cl)ccc2c1=O. The van der Waals surface area contributed by atoms with Gasteiger partial charge in [-0.1, -0.05) is 35.9 Å². The van der Waals surface area contributed by atoms with Crippen LogP contribution in [0, 0.1) is 0 Å². The van der Waals surface area contributed by atoms with Gasteiger partial charge in [0.1, 0.15) is 12.4 Å². The predicted molar refractivity (Wildman–Crippen MR) is 110 cm³/mol. The fraction of sp³-hybridized carbons (Fsp3) is 0.143. The molecule has 0 aliphatic carbocycles. The van der Waals surface area contributed by atoms with Crippen LogP contribution in [0.4, 0.5) is 0 Å². The van der Waals surface area contributed by atoms with Gasteiger partial charge in [0, 0.05) is 22.8 Å². The van der Waals surface area contributed by atoms with Crippen LogP contribution >= 0.6 is 23.2 Å². The third-order valence-electron chi connectivity index (χ3n) is 4.58. The fourth-order valence-corrected chi connectivity index (χ4v) is 3.62. The lowest BCUT2D eigenvalue weighted by atomic mass is 10.1. The summed E-state index contributed by atoms with van der Waals surface area (Å²) < 4.78 is 7.62. The van der Waals surface area contributed by atoms with Gasteiger partial charge >= 0.3 is 0 Å². The molecule has 4 nitrogen and oxygen atoms in total. The van der Waals surface area contributed by atoms with E-state index in [1.54, 1.807) is 25.2 Å². The quantitative estimate of drug-likeness (QED) is 0.451. The number of benzene rings is 2. The summed E-state index contributed by atoms with van der Waals surface area (Å²) >= 11 is 12.3. The van der Waals surface area contributed by atoms with Gasteiger partial charge in [0.15, 0.2) is 0 Å². The number of pyridine rings is 2. The number of halogens is 2. The molecule has 0 unspecified atom stereocenters. The van der Waals surface area contributed by atoms with Crippen molar-refractivity contribution >= 4 is 44.9 Å². The second-order valence-electron chi connectivity index (χ2n) is 6.25. The summed E-state index contributed by atoms with van der Waals surface area (Å²) in [5.41, 5.74) is 2.17. The molecule has 27 heavy (non-hydrogen) atoms. The van der Waals surface area contributed by atoms with E-state index in [0.29, 0.717) is 27.2 Å². The number of fused-ring (bicyclic) bond motifs is 2. The van der Waals surface area contributed by atoms with E-state index >= 15 is 0 Å². The minimum atomic E-state index is -0.131. The van der Waals surface area contributed by atoms with Crippen molar-refractivity contribution < 1.29 is 4.74 Å². The molecule has 0 spiro atoms. The number of hydrogen-bond donors (Lipinski definition) is 0. The third-order valence-corrected chi connectivity index (χ3v) is 5.06. The molecule has 0 radical (unpaired) electrons. The van der Waals surface area contributed by atoms with E-state index in [2.05, 4.69) is 4.98 Å². The Bertz CT molecular complexity index is 1220. The third kappa shape index (κ3) is 3.27. The molecular formula is C21H16Cl2N2O2. The normalized spacial score (nSPS) is 11.2. The number of alkyl halides is 1. The summed E-state index contributed by atoms with van der Waals surface area (Å²) in [5, 5.41) is 2.80. The van der Waals surface area contributed by atoms with E-state index in [1.165, 1.54) is 4.57 Å². The van der Waals surface area contributed by atoms with Crippen LogP contribution in [-0.4, -0.2) is 9.55 Å². The Labute approximate surface area is 165 Å². The van der Waals surface area contributed by atoms with Gasteiger partial charge in [0.25, 0.3) is 5.56 Å². The van der Waals surface area contributed by atoms with Gasteiger partial charge in [-0.2, -0.15) is 0 Å². The van der Waals surface area contributed by atoms with Crippen molar-refractivity contribution in [3.63, 3.8) is 0 Å². The van der Waals surface area contributed by atoms with Gasteiger partial charge in [0.05, 0.1) is 28.2 Å². The van der Waals surface area contributed by atoms with Crippen molar-refractivity contribution in [2.45, 2.75) is 12.5 Å². The summed E-state index contributed by atoms with van der Waals surface area (Å²) in [4.78, 5) is 17.2. The molecule has 0 aliphatic rings. The lowest BCUT2D eigenvalue weighted by Gasteiger charge is -2.16. The highest BCUT2D eigenvalue weighted by molar-refractivity contribution is 6.31. The maximum absolute atomic E-state index is 12.6. The molecule has 0 saturated carbocycles. The van der Waals surface area contributed by atoms with Gasteiger partial charge in [0.2, 0.25) is 0 Å². The zero-order chi connectivity index (χ0) is 19.0. The van der Waals surface area contributed by atoms with Crippen molar-refractivity contribution in [3.8, 4) is 5.75 Å². The molecule has 2 aromatic heterocycles. The molecule has 0 bridgehead atoms. The van der Waals surface area contributed by atoms with Gasteiger partial charge in [-0.15, -0.1) is 11.6 Å². The molecule has 4 aromatic rings. The first-order chi connectivity index (χ1) is 13.1. The Morgan fingerprint density at radius 2 is 1.89 bits per heavy atom. The Kier molecular flexibility index (Phi) is 4.77. The predicted octanol–water partition coefficient (Wildman–Crippen LogP) is 5.06. The van der Waals surface area contributed by atoms with Gasteiger partial charge in [-0.05, 0) is 30.3 Å². The van der Waals surface area contributed by atoms with Crippen LogP contribution in [0.15, 0.2) is 59.4 Å². The van der Waals surface area contributed by atoms with E-state index in [0.717, 1.165) is 16.6 Å². The fourth-order valence-electron chi connectivity index (χ4n) is 3.15. The first kappa shape index (κ1) is 17.8. The Hall–Kier alpha value is -2.56. The van der Waals surface area contributed by atoms with E-state index in [4.69, 9.17) is 27.9 Å². The van der Waals surface area contributed by atoms with Crippen molar-refractivity contribution in [2.24, 2.45) is 7.05 Å². The van der Waals surface area contributed by atoms with Crippen molar-refractivity contribution in [2.75, 3.05) is 0 Å². The van der Waals surface area contributed by atoms with Crippen molar-refractivity contribution in [1.29, 1.82) is 0 Å². The van der Waals surface area contributed by atoms with Gasteiger partial charge < -0.3 is 9.30 Å². The molecule has 0 amide bonds. The molecule has 0 fully saturated rings. The Morgan fingerprint density at radius 3 is 2.70 bits per heavy atom. The maximum atomic E-state index is 12.6. The molecule has 0 aliphatic heterocycles. The Morgan fingerprint density at radius 1 is 1.07 bits per heavy atom. The molecule has 0 atom stereocenters. The van der Waals surface area contributed by atoms with Crippen LogP contribution in [0.2, 0.25) is 5.02 Å². The number of aromatic nitrogens is 2. The van der Waals surface area contributed by atoms with Crippen LogP contribution in [0.5, 0.6) is 5.75 Å². The molecule has 6 heteroatoms. The largest absolute Gasteiger partial charge is 0.485 e. The Balaban J connectivity index is 1.79. The van der Waals surface area contributed by atoms with Crippen LogP contribution < -0.4 is 10.3 Å². The molecular weight excluding hydrogens is 383 g/mol. The van der Waals surface area contributed by atoms with E-state index in [9.17, 15) is 4.79 Å². The molecule has 0 saturated heterocycles. The van der Waals surface area contributed by atoms with Gasteiger partial charge in [-0.25, -0.2) is 4.98 Å². The zero-order valence-electron chi connectivity index (χ0n) is 14.6. The number of para-hydroxylation sites is 1. The highest BCUT2D eigenvalue weighted by Gasteiger charge is 2.16. The average Bonchev–Trinajstić information content (AvgIpc) is 2.69. The maximum Gasteiger partial charge on any atom is 0.258 e. The number of nitrogens with zero attached hydrogens (tertiary/aromatic N) is 2. The van der Waals surface area contributed by atoms with Crippen LogP contribution in [0.25, 0.3) is 21.7 Å². The molecule has 2 heterocycles. The molecule has 2 aromatic carbocycles. The highest BCUT2D eigenvalue weighted by Crippen LogP contribution is 2.31. The van der Waals surface area contributed by atoms with E-state index < -0.39 is 0 Å². The average molecular weight is 399 g/mol. The summed E-state index contributed by atoms with van der Waals surface area (Å²) in [7, 11) is 1.69. The summed E-state index contributed by atoms with van der Waals surface area (Å²) in [6, 6.07) is 17.0. The molecule has 0 N–H and O–H groups in total. The minimum absolute atomic E-state index is 0.131.